The number of halogens is 3. The van der Waals surface area contributed by atoms with Crippen LogP contribution in [0.2, 0.25) is 10.0 Å². The highest BCUT2D eigenvalue weighted by Crippen LogP contribution is 2.20. The highest BCUT2D eigenvalue weighted by Gasteiger charge is 2.26. The number of amides is 2. The lowest BCUT2D eigenvalue weighted by molar-refractivity contribution is 0.0535. The van der Waals surface area contributed by atoms with Gasteiger partial charge in [0.05, 0.1) is 10.6 Å². The minimum absolute atomic E-state index is 0.0856. The molecule has 1 saturated heterocycles. The largest absolute Gasteiger partial charge is 0.335 e. The van der Waals surface area contributed by atoms with E-state index in [0.29, 0.717) is 36.8 Å². The molecule has 130 valence electrons. The van der Waals surface area contributed by atoms with Crippen LogP contribution in [0.4, 0.5) is 4.39 Å². The highest BCUT2D eigenvalue weighted by molar-refractivity contribution is 6.33. The lowest BCUT2D eigenvalue weighted by Gasteiger charge is -2.35. The second-order valence-corrected chi connectivity index (χ2v) is 6.56. The van der Waals surface area contributed by atoms with Gasteiger partial charge in [0.1, 0.15) is 5.82 Å². The van der Waals surface area contributed by atoms with Crippen LogP contribution in [0.25, 0.3) is 0 Å². The molecule has 4 nitrogen and oxygen atoms in total. The second-order valence-electron chi connectivity index (χ2n) is 5.72. The highest BCUT2D eigenvalue weighted by atomic mass is 35.5. The number of hydrogen-bond acceptors (Lipinski definition) is 2. The predicted octanol–water partition coefficient (Wildman–Crippen LogP) is 3.73. The van der Waals surface area contributed by atoms with E-state index in [2.05, 4.69) is 0 Å². The van der Waals surface area contributed by atoms with E-state index in [-0.39, 0.29) is 22.4 Å². The molecule has 1 aliphatic rings. The van der Waals surface area contributed by atoms with E-state index in [0.717, 1.165) is 6.07 Å². The summed E-state index contributed by atoms with van der Waals surface area (Å²) in [5.41, 5.74) is 0.784. The Bertz CT molecular complexity index is 820. The molecule has 25 heavy (non-hydrogen) atoms. The van der Waals surface area contributed by atoms with Gasteiger partial charge in [0.15, 0.2) is 0 Å². The molecule has 0 radical (unpaired) electrons. The third-order valence-electron chi connectivity index (χ3n) is 4.09. The summed E-state index contributed by atoms with van der Waals surface area (Å²) < 4.78 is 13.1. The van der Waals surface area contributed by atoms with E-state index in [1.54, 1.807) is 34.1 Å². The molecular formula is C18H15Cl2FN2O2. The first-order chi connectivity index (χ1) is 12.0. The van der Waals surface area contributed by atoms with Crippen molar-refractivity contribution in [2.45, 2.75) is 0 Å². The van der Waals surface area contributed by atoms with Gasteiger partial charge in [-0.1, -0.05) is 29.3 Å². The molecule has 0 aliphatic carbocycles. The molecule has 3 rings (SSSR count). The maximum Gasteiger partial charge on any atom is 0.255 e. The molecule has 1 aliphatic heterocycles. The van der Waals surface area contributed by atoms with Crippen LogP contribution in [0.3, 0.4) is 0 Å². The first-order valence-corrected chi connectivity index (χ1v) is 8.50. The molecule has 2 aromatic rings. The summed E-state index contributed by atoms with van der Waals surface area (Å²) in [6.45, 7) is 1.60. The Balaban J connectivity index is 1.65. The molecule has 2 amide bonds. The van der Waals surface area contributed by atoms with Crippen molar-refractivity contribution in [1.29, 1.82) is 0 Å². The molecular weight excluding hydrogens is 366 g/mol. The van der Waals surface area contributed by atoms with Gasteiger partial charge in [-0.2, -0.15) is 0 Å². The average molecular weight is 381 g/mol. The standard InChI is InChI=1S/C18H15Cl2FN2O2/c19-13-3-1-2-12(10-13)17(24)22-6-8-23(9-7-22)18(25)15-5-4-14(21)11-16(15)20/h1-5,10-11H,6-9H2. The van der Waals surface area contributed by atoms with E-state index in [4.69, 9.17) is 23.2 Å². The maximum atomic E-state index is 13.1. The Morgan fingerprint density at radius 2 is 1.52 bits per heavy atom. The fourth-order valence-corrected chi connectivity index (χ4v) is 3.19. The van der Waals surface area contributed by atoms with Crippen molar-refractivity contribution < 1.29 is 14.0 Å². The van der Waals surface area contributed by atoms with Crippen LogP contribution in [0.15, 0.2) is 42.5 Å². The number of benzene rings is 2. The smallest absolute Gasteiger partial charge is 0.255 e. The van der Waals surface area contributed by atoms with E-state index < -0.39 is 5.82 Å². The van der Waals surface area contributed by atoms with Gasteiger partial charge in [-0.05, 0) is 36.4 Å². The molecule has 1 heterocycles. The topological polar surface area (TPSA) is 40.6 Å². The predicted molar refractivity (Wildman–Crippen MR) is 94.7 cm³/mol. The normalized spacial score (nSPS) is 14.5. The van der Waals surface area contributed by atoms with Crippen molar-refractivity contribution in [1.82, 2.24) is 9.80 Å². The molecule has 0 atom stereocenters. The third kappa shape index (κ3) is 3.94. The molecule has 0 N–H and O–H groups in total. The Labute approximate surface area is 154 Å². The number of carbonyl (C=O) groups excluding carboxylic acids is 2. The second kappa shape index (κ2) is 7.42. The molecule has 0 aromatic heterocycles. The molecule has 0 unspecified atom stereocenters. The number of rotatable bonds is 2. The maximum absolute atomic E-state index is 13.1. The minimum atomic E-state index is -0.488. The summed E-state index contributed by atoms with van der Waals surface area (Å²) in [5, 5.41) is 0.591. The summed E-state index contributed by atoms with van der Waals surface area (Å²) in [6, 6.07) is 10.5. The van der Waals surface area contributed by atoms with E-state index in [1.807, 2.05) is 0 Å². The average Bonchev–Trinajstić information content (AvgIpc) is 2.61. The van der Waals surface area contributed by atoms with Crippen LogP contribution in [0.1, 0.15) is 20.7 Å². The quantitative estimate of drug-likeness (QED) is 0.796. The SMILES string of the molecule is O=C(c1cccc(Cl)c1)N1CCN(C(=O)c2ccc(F)cc2Cl)CC1. The van der Waals surface area contributed by atoms with Crippen molar-refractivity contribution in [3.8, 4) is 0 Å². The van der Waals surface area contributed by atoms with Crippen molar-refractivity contribution >= 4 is 35.0 Å². The van der Waals surface area contributed by atoms with Crippen LogP contribution in [-0.4, -0.2) is 47.8 Å². The lowest BCUT2D eigenvalue weighted by atomic mass is 10.1. The molecule has 0 bridgehead atoms. The van der Waals surface area contributed by atoms with Crippen LogP contribution in [0.5, 0.6) is 0 Å². The summed E-state index contributed by atoms with van der Waals surface area (Å²) in [5.74, 6) is -0.868. The van der Waals surface area contributed by atoms with E-state index in [9.17, 15) is 14.0 Å². The van der Waals surface area contributed by atoms with Crippen molar-refractivity contribution in [2.75, 3.05) is 26.2 Å². The molecule has 1 fully saturated rings. The fourth-order valence-electron chi connectivity index (χ4n) is 2.75. The third-order valence-corrected chi connectivity index (χ3v) is 4.64. The summed E-state index contributed by atoms with van der Waals surface area (Å²) in [4.78, 5) is 28.3. The van der Waals surface area contributed by atoms with Gasteiger partial charge in [0.2, 0.25) is 0 Å². The van der Waals surface area contributed by atoms with Crippen LogP contribution >= 0.6 is 23.2 Å². The van der Waals surface area contributed by atoms with Gasteiger partial charge in [0, 0.05) is 36.8 Å². The van der Waals surface area contributed by atoms with E-state index >= 15 is 0 Å². The van der Waals surface area contributed by atoms with Crippen molar-refractivity contribution in [3.63, 3.8) is 0 Å². The minimum Gasteiger partial charge on any atom is -0.335 e. The summed E-state index contributed by atoms with van der Waals surface area (Å²) in [6.07, 6.45) is 0. The van der Waals surface area contributed by atoms with Gasteiger partial charge in [-0.3, -0.25) is 9.59 Å². The zero-order valence-corrected chi connectivity index (χ0v) is 14.7. The first kappa shape index (κ1) is 17.7. The molecule has 0 spiro atoms. The van der Waals surface area contributed by atoms with Crippen LogP contribution in [-0.2, 0) is 0 Å². The number of nitrogens with zero attached hydrogens (tertiary/aromatic N) is 2. The monoisotopic (exact) mass is 380 g/mol. The van der Waals surface area contributed by atoms with Gasteiger partial charge >= 0.3 is 0 Å². The summed E-state index contributed by atoms with van der Waals surface area (Å²) >= 11 is 11.9. The summed E-state index contributed by atoms with van der Waals surface area (Å²) in [7, 11) is 0. The first-order valence-electron chi connectivity index (χ1n) is 7.75. The Hall–Kier alpha value is -2.11. The van der Waals surface area contributed by atoms with Gasteiger partial charge in [-0.25, -0.2) is 4.39 Å². The van der Waals surface area contributed by atoms with Gasteiger partial charge in [0.25, 0.3) is 11.8 Å². The number of piperazine rings is 1. The van der Waals surface area contributed by atoms with E-state index in [1.165, 1.54) is 12.1 Å². The van der Waals surface area contributed by atoms with Crippen LogP contribution < -0.4 is 0 Å². The van der Waals surface area contributed by atoms with Gasteiger partial charge in [-0.15, -0.1) is 0 Å². The fraction of sp³-hybridized carbons (Fsp3) is 0.222. The number of hydrogen-bond donors (Lipinski definition) is 0. The van der Waals surface area contributed by atoms with Crippen molar-refractivity contribution in [3.05, 3.63) is 69.5 Å². The number of carbonyl (C=O) groups is 2. The molecule has 7 heteroatoms. The molecule has 2 aromatic carbocycles. The Morgan fingerprint density at radius 1 is 0.880 bits per heavy atom. The van der Waals surface area contributed by atoms with Crippen molar-refractivity contribution in [2.24, 2.45) is 0 Å². The Morgan fingerprint density at radius 3 is 2.12 bits per heavy atom. The zero-order valence-electron chi connectivity index (χ0n) is 13.2. The Kier molecular flexibility index (Phi) is 5.25. The van der Waals surface area contributed by atoms with Crippen LogP contribution in [0, 0.1) is 5.82 Å². The van der Waals surface area contributed by atoms with Gasteiger partial charge < -0.3 is 9.80 Å². The zero-order chi connectivity index (χ0) is 18.0. The lowest BCUT2D eigenvalue weighted by Crippen LogP contribution is -2.50. The molecule has 0 saturated carbocycles.